The van der Waals surface area contributed by atoms with Gasteiger partial charge in [-0.2, -0.15) is 5.10 Å². The number of hydrogen-bond donors (Lipinski definition) is 0. The molecule has 3 aromatic rings. The minimum atomic E-state index is 0.110. The van der Waals surface area contributed by atoms with Crippen LogP contribution in [0.3, 0.4) is 0 Å². The highest BCUT2D eigenvalue weighted by Gasteiger charge is 2.30. The van der Waals surface area contributed by atoms with Crippen molar-refractivity contribution >= 4 is 5.91 Å². The van der Waals surface area contributed by atoms with E-state index < -0.39 is 0 Å². The quantitative estimate of drug-likeness (QED) is 0.736. The van der Waals surface area contributed by atoms with Crippen LogP contribution in [0.2, 0.25) is 0 Å². The Kier molecular flexibility index (Phi) is 4.29. The van der Waals surface area contributed by atoms with Gasteiger partial charge in [-0.3, -0.25) is 4.79 Å². The zero-order chi connectivity index (χ0) is 17.1. The summed E-state index contributed by atoms with van der Waals surface area (Å²) < 4.78 is 1.77. The third-order valence-corrected chi connectivity index (χ3v) is 4.71. The Bertz CT molecular complexity index is 828. The second kappa shape index (κ2) is 6.89. The van der Waals surface area contributed by atoms with Crippen LogP contribution in [0.25, 0.3) is 0 Å². The number of nitrogens with zero attached hydrogens (tertiary/aromatic N) is 4. The largest absolute Gasteiger partial charge is 0.332 e. The van der Waals surface area contributed by atoms with Crippen LogP contribution in [-0.2, 0) is 6.54 Å². The molecule has 25 heavy (non-hydrogen) atoms. The van der Waals surface area contributed by atoms with E-state index in [0.717, 1.165) is 30.5 Å². The van der Waals surface area contributed by atoms with Crippen LogP contribution < -0.4 is 0 Å². The first-order valence-electron chi connectivity index (χ1n) is 8.58. The molecule has 4 rings (SSSR count). The first-order valence-corrected chi connectivity index (χ1v) is 8.58. The van der Waals surface area contributed by atoms with Crippen molar-refractivity contribution in [1.82, 2.24) is 19.7 Å². The van der Waals surface area contributed by atoms with Gasteiger partial charge in [0.25, 0.3) is 5.91 Å². The van der Waals surface area contributed by atoms with Crippen molar-refractivity contribution in [3.8, 4) is 0 Å². The molecule has 0 radical (unpaired) electrons. The zero-order valence-electron chi connectivity index (χ0n) is 14.0. The van der Waals surface area contributed by atoms with E-state index in [1.807, 2.05) is 47.4 Å². The highest BCUT2D eigenvalue weighted by molar-refractivity contribution is 5.94. The fraction of sp³-hybridized carbons (Fsp3) is 0.250. The lowest BCUT2D eigenvalue weighted by Gasteiger charge is -2.25. The number of amides is 1. The van der Waals surface area contributed by atoms with Gasteiger partial charge in [0.1, 0.15) is 12.7 Å². The van der Waals surface area contributed by atoms with Gasteiger partial charge >= 0.3 is 0 Å². The van der Waals surface area contributed by atoms with Crippen LogP contribution in [0.5, 0.6) is 0 Å². The predicted octanol–water partition coefficient (Wildman–Crippen LogP) is 3.30. The molecule has 2 heterocycles. The van der Waals surface area contributed by atoms with E-state index in [9.17, 15) is 4.79 Å². The van der Waals surface area contributed by atoms with Crippen LogP contribution in [0, 0.1) is 0 Å². The Hall–Kier alpha value is -2.95. The third-order valence-electron chi connectivity index (χ3n) is 4.71. The number of aromatic nitrogens is 3. The summed E-state index contributed by atoms with van der Waals surface area (Å²) in [5, 5.41) is 4.11. The van der Waals surface area contributed by atoms with Crippen molar-refractivity contribution in [2.24, 2.45) is 0 Å². The highest BCUT2D eigenvalue weighted by Crippen LogP contribution is 2.32. The van der Waals surface area contributed by atoms with Gasteiger partial charge in [0.15, 0.2) is 0 Å². The standard InChI is InChI=1S/C20H20N4O/c25-20(24-12-4-7-19(24)17-5-2-1-3-6-17)18-10-8-16(9-11-18)13-23-15-21-14-22-23/h1-3,5-6,8-11,14-15,19H,4,7,12-13H2/t19-/m0/s1. The molecule has 0 spiro atoms. The van der Waals surface area contributed by atoms with E-state index in [1.54, 1.807) is 11.0 Å². The summed E-state index contributed by atoms with van der Waals surface area (Å²) in [4.78, 5) is 18.9. The maximum atomic E-state index is 13.0. The van der Waals surface area contributed by atoms with Crippen molar-refractivity contribution in [3.63, 3.8) is 0 Å². The summed E-state index contributed by atoms with van der Waals surface area (Å²) >= 11 is 0. The molecular weight excluding hydrogens is 312 g/mol. The van der Waals surface area contributed by atoms with Crippen LogP contribution >= 0.6 is 0 Å². The van der Waals surface area contributed by atoms with Gasteiger partial charge in [0, 0.05) is 12.1 Å². The maximum Gasteiger partial charge on any atom is 0.254 e. The Labute approximate surface area is 146 Å². The van der Waals surface area contributed by atoms with Crippen molar-refractivity contribution in [1.29, 1.82) is 0 Å². The van der Waals surface area contributed by atoms with E-state index >= 15 is 0 Å². The molecule has 126 valence electrons. The lowest BCUT2D eigenvalue weighted by atomic mass is 10.0. The zero-order valence-corrected chi connectivity index (χ0v) is 14.0. The van der Waals surface area contributed by atoms with E-state index in [0.29, 0.717) is 6.54 Å². The molecule has 1 aliphatic heterocycles. The molecule has 1 fully saturated rings. The minimum Gasteiger partial charge on any atom is -0.332 e. The number of carbonyl (C=O) groups excluding carboxylic acids is 1. The molecule has 1 amide bonds. The normalized spacial score (nSPS) is 17.0. The number of rotatable bonds is 4. The SMILES string of the molecule is O=C(c1ccc(Cn2cncn2)cc1)N1CCC[C@H]1c1ccccc1. The lowest BCUT2D eigenvalue weighted by Crippen LogP contribution is -2.30. The van der Waals surface area contributed by atoms with Crippen molar-refractivity contribution in [3.05, 3.63) is 83.9 Å². The molecule has 5 heteroatoms. The summed E-state index contributed by atoms with van der Waals surface area (Å²) in [6.45, 7) is 1.48. The average molecular weight is 332 g/mol. The van der Waals surface area contributed by atoms with Crippen LogP contribution in [0.4, 0.5) is 0 Å². The molecule has 1 aromatic heterocycles. The second-order valence-electron chi connectivity index (χ2n) is 6.36. The van der Waals surface area contributed by atoms with E-state index in [4.69, 9.17) is 0 Å². The van der Waals surface area contributed by atoms with E-state index in [1.165, 1.54) is 11.9 Å². The summed E-state index contributed by atoms with van der Waals surface area (Å²) in [5.41, 5.74) is 3.06. The Balaban J connectivity index is 1.50. The van der Waals surface area contributed by atoms with Crippen LogP contribution in [-0.4, -0.2) is 32.1 Å². The smallest absolute Gasteiger partial charge is 0.254 e. The van der Waals surface area contributed by atoms with Gasteiger partial charge in [-0.15, -0.1) is 0 Å². The average Bonchev–Trinajstić information content (AvgIpc) is 3.34. The molecule has 1 aliphatic rings. The summed E-state index contributed by atoms with van der Waals surface area (Å²) in [7, 11) is 0. The number of benzene rings is 2. The molecule has 0 aliphatic carbocycles. The molecule has 1 saturated heterocycles. The van der Waals surface area contributed by atoms with Gasteiger partial charge in [0.2, 0.25) is 0 Å². The fourth-order valence-electron chi connectivity index (χ4n) is 3.45. The molecule has 2 aromatic carbocycles. The monoisotopic (exact) mass is 332 g/mol. The molecule has 0 unspecified atom stereocenters. The Morgan fingerprint density at radius 3 is 2.60 bits per heavy atom. The number of hydrogen-bond acceptors (Lipinski definition) is 3. The first kappa shape index (κ1) is 15.6. The van der Waals surface area contributed by atoms with E-state index in [2.05, 4.69) is 22.2 Å². The van der Waals surface area contributed by atoms with Gasteiger partial charge in [0.05, 0.1) is 12.6 Å². The van der Waals surface area contributed by atoms with Crippen LogP contribution in [0.1, 0.15) is 40.4 Å². The van der Waals surface area contributed by atoms with Gasteiger partial charge in [-0.1, -0.05) is 42.5 Å². The van der Waals surface area contributed by atoms with Crippen LogP contribution in [0.15, 0.2) is 67.3 Å². The summed E-state index contributed by atoms with van der Waals surface area (Å²) in [6.07, 6.45) is 5.29. The molecule has 0 N–H and O–H groups in total. The van der Waals surface area contributed by atoms with Crippen molar-refractivity contribution < 1.29 is 4.79 Å². The Morgan fingerprint density at radius 1 is 1.08 bits per heavy atom. The summed E-state index contributed by atoms with van der Waals surface area (Å²) in [5.74, 6) is 0.110. The van der Waals surface area contributed by atoms with Gasteiger partial charge in [-0.25, -0.2) is 9.67 Å². The third kappa shape index (κ3) is 3.31. The highest BCUT2D eigenvalue weighted by atomic mass is 16.2. The molecule has 0 saturated carbocycles. The predicted molar refractivity (Wildman–Crippen MR) is 95.0 cm³/mol. The lowest BCUT2D eigenvalue weighted by molar-refractivity contribution is 0.0735. The van der Waals surface area contributed by atoms with Gasteiger partial charge in [-0.05, 0) is 36.1 Å². The second-order valence-corrected chi connectivity index (χ2v) is 6.36. The molecule has 0 bridgehead atoms. The van der Waals surface area contributed by atoms with Gasteiger partial charge < -0.3 is 4.90 Å². The first-order chi connectivity index (χ1) is 12.3. The minimum absolute atomic E-state index is 0.110. The molecular formula is C20H20N4O. The van der Waals surface area contributed by atoms with Crippen molar-refractivity contribution in [2.45, 2.75) is 25.4 Å². The fourth-order valence-corrected chi connectivity index (χ4v) is 3.45. The maximum absolute atomic E-state index is 13.0. The topological polar surface area (TPSA) is 51.0 Å². The molecule has 5 nitrogen and oxygen atoms in total. The van der Waals surface area contributed by atoms with E-state index in [-0.39, 0.29) is 11.9 Å². The Morgan fingerprint density at radius 2 is 1.88 bits per heavy atom. The number of likely N-dealkylation sites (tertiary alicyclic amines) is 1. The number of carbonyl (C=O) groups is 1. The molecule has 1 atom stereocenters. The van der Waals surface area contributed by atoms with Crippen molar-refractivity contribution in [2.75, 3.05) is 6.54 Å². The summed E-state index contributed by atoms with van der Waals surface area (Å²) in [6, 6.07) is 18.3.